The summed E-state index contributed by atoms with van der Waals surface area (Å²) in [4.78, 5) is 13.7. The molecule has 0 aromatic heterocycles. The lowest BCUT2D eigenvalue weighted by molar-refractivity contribution is -0.122. The van der Waals surface area contributed by atoms with E-state index in [9.17, 15) is 4.79 Å². The first kappa shape index (κ1) is 16.6. The summed E-state index contributed by atoms with van der Waals surface area (Å²) in [6.45, 7) is 3.21. The maximum Gasteiger partial charge on any atom is 0.234 e. The van der Waals surface area contributed by atoms with E-state index in [-0.39, 0.29) is 25.1 Å². The molecule has 0 bridgehead atoms. The van der Waals surface area contributed by atoms with E-state index in [1.165, 1.54) is 0 Å². The number of hydrogen-bond donors (Lipinski definition) is 2. The zero-order chi connectivity index (χ0) is 15.0. The molecule has 0 radical (unpaired) electrons. The molecule has 1 aromatic carbocycles. The minimum atomic E-state index is -0.0555. The predicted octanol–water partition coefficient (Wildman–Crippen LogP) is 0.762. The molecule has 112 valence electrons. The van der Waals surface area contributed by atoms with Crippen LogP contribution >= 0.6 is 0 Å². The molecule has 1 aromatic rings. The summed E-state index contributed by atoms with van der Waals surface area (Å²) < 4.78 is 5.14. The summed E-state index contributed by atoms with van der Waals surface area (Å²) in [5.74, 6) is -0.0555. The third-order valence-corrected chi connectivity index (χ3v) is 3.30. The van der Waals surface area contributed by atoms with Crippen LogP contribution in [0.3, 0.4) is 0 Å². The molecule has 0 aliphatic rings. The maximum absolute atomic E-state index is 11.9. The standard InChI is InChI=1S/C15H24N2O3/c1-12(10-18)17(2)9-15(19)16-8-13-6-4-5-7-14(13)11-20-3/h4-7,12,18H,8-11H2,1-3H3,(H,16,19). The molecule has 20 heavy (non-hydrogen) atoms. The van der Waals surface area contributed by atoms with Crippen molar-refractivity contribution in [2.24, 2.45) is 0 Å². The first-order valence-electron chi connectivity index (χ1n) is 6.72. The Balaban J connectivity index is 2.49. The van der Waals surface area contributed by atoms with E-state index in [0.717, 1.165) is 11.1 Å². The van der Waals surface area contributed by atoms with Crippen LogP contribution in [0.5, 0.6) is 0 Å². The molecule has 0 saturated heterocycles. The van der Waals surface area contributed by atoms with Crippen molar-refractivity contribution in [3.63, 3.8) is 0 Å². The van der Waals surface area contributed by atoms with E-state index >= 15 is 0 Å². The lowest BCUT2D eigenvalue weighted by Crippen LogP contribution is -2.40. The van der Waals surface area contributed by atoms with Gasteiger partial charge in [-0.05, 0) is 25.1 Å². The Labute approximate surface area is 120 Å². The minimum Gasteiger partial charge on any atom is -0.395 e. The number of aliphatic hydroxyl groups is 1. The van der Waals surface area contributed by atoms with Crippen LogP contribution in [0.2, 0.25) is 0 Å². The van der Waals surface area contributed by atoms with Gasteiger partial charge in [0.2, 0.25) is 5.91 Å². The number of amides is 1. The van der Waals surface area contributed by atoms with Gasteiger partial charge in [-0.25, -0.2) is 0 Å². The summed E-state index contributed by atoms with van der Waals surface area (Å²) in [6, 6.07) is 7.85. The van der Waals surface area contributed by atoms with Crippen LogP contribution in [0.15, 0.2) is 24.3 Å². The second-order valence-corrected chi connectivity index (χ2v) is 4.93. The smallest absolute Gasteiger partial charge is 0.234 e. The maximum atomic E-state index is 11.9. The summed E-state index contributed by atoms with van der Waals surface area (Å²) in [7, 11) is 3.47. The molecule has 5 heteroatoms. The largest absolute Gasteiger partial charge is 0.395 e. The number of hydrogen-bond acceptors (Lipinski definition) is 4. The van der Waals surface area contributed by atoms with E-state index in [2.05, 4.69) is 5.32 Å². The molecular formula is C15H24N2O3. The van der Waals surface area contributed by atoms with Gasteiger partial charge in [0.1, 0.15) is 0 Å². The Morgan fingerprint density at radius 3 is 2.65 bits per heavy atom. The van der Waals surface area contributed by atoms with Gasteiger partial charge in [0.05, 0.1) is 19.8 Å². The first-order valence-corrected chi connectivity index (χ1v) is 6.72. The number of ether oxygens (including phenoxy) is 1. The Hall–Kier alpha value is -1.43. The van der Waals surface area contributed by atoms with Crippen LogP contribution in [0.4, 0.5) is 0 Å². The zero-order valence-corrected chi connectivity index (χ0v) is 12.4. The minimum absolute atomic E-state index is 0.0264. The van der Waals surface area contributed by atoms with E-state index in [1.807, 2.05) is 43.1 Å². The van der Waals surface area contributed by atoms with Crippen molar-refractivity contribution >= 4 is 5.91 Å². The van der Waals surface area contributed by atoms with Gasteiger partial charge < -0.3 is 15.2 Å². The molecule has 2 N–H and O–H groups in total. The van der Waals surface area contributed by atoms with Gasteiger partial charge in [0.25, 0.3) is 0 Å². The molecule has 0 saturated carbocycles. The van der Waals surface area contributed by atoms with Gasteiger partial charge in [-0.15, -0.1) is 0 Å². The molecule has 1 amide bonds. The molecule has 1 atom stereocenters. The molecule has 1 unspecified atom stereocenters. The van der Waals surface area contributed by atoms with E-state index in [4.69, 9.17) is 9.84 Å². The average Bonchev–Trinajstić information content (AvgIpc) is 2.45. The molecule has 0 fully saturated rings. The van der Waals surface area contributed by atoms with Crippen molar-refractivity contribution in [2.75, 3.05) is 27.3 Å². The molecule has 5 nitrogen and oxygen atoms in total. The highest BCUT2D eigenvalue weighted by molar-refractivity contribution is 5.78. The van der Waals surface area contributed by atoms with Crippen molar-refractivity contribution in [3.05, 3.63) is 35.4 Å². The van der Waals surface area contributed by atoms with Gasteiger partial charge in [-0.3, -0.25) is 9.69 Å². The quantitative estimate of drug-likeness (QED) is 0.738. The number of carbonyl (C=O) groups is 1. The number of rotatable bonds is 8. The third kappa shape index (κ3) is 5.28. The van der Waals surface area contributed by atoms with E-state index in [1.54, 1.807) is 7.11 Å². The average molecular weight is 280 g/mol. The fourth-order valence-corrected chi connectivity index (χ4v) is 1.80. The van der Waals surface area contributed by atoms with Gasteiger partial charge in [-0.1, -0.05) is 24.3 Å². The van der Waals surface area contributed by atoms with Crippen molar-refractivity contribution in [1.29, 1.82) is 0 Å². The highest BCUT2D eigenvalue weighted by Crippen LogP contribution is 2.09. The summed E-state index contributed by atoms with van der Waals surface area (Å²) >= 11 is 0. The Bertz CT molecular complexity index is 423. The normalized spacial score (nSPS) is 12.4. The number of nitrogens with zero attached hydrogens (tertiary/aromatic N) is 1. The molecule has 0 aliphatic carbocycles. The molecule has 0 aliphatic heterocycles. The van der Waals surface area contributed by atoms with Crippen molar-refractivity contribution in [1.82, 2.24) is 10.2 Å². The number of benzene rings is 1. The summed E-state index contributed by atoms with van der Waals surface area (Å²) in [6.07, 6.45) is 0. The molecule has 0 spiro atoms. The summed E-state index contributed by atoms with van der Waals surface area (Å²) in [5, 5.41) is 11.9. The van der Waals surface area contributed by atoms with Crippen molar-refractivity contribution in [3.8, 4) is 0 Å². The molecule has 1 rings (SSSR count). The monoisotopic (exact) mass is 280 g/mol. The van der Waals surface area contributed by atoms with Gasteiger partial charge in [0, 0.05) is 19.7 Å². The topological polar surface area (TPSA) is 61.8 Å². The van der Waals surface area contributed by atoms with Crippen LogP contribution in [0, 0.1) is 0 Å². The number of nitrogens with one attached hydrogen (secondary N) is 1. The Morgan fingerprint density at radius 1 is 1.40 bits per heavy atom. The predicted molar refractivity (Wildman–Crippen MR) is 78.2 cm³/mol. The molecular weight excluding hydrogens is 256 g/mol. The lowest BCUT2D eigenvalue weighted by atomic mass is 10.1. The zero-order valence-electron chi connectivity index (χ0n) is 12.4. The third-order valence-electron chi connectivity index (χ3n) is 3.30. The lowest BCUT2D eigenvalue weighted by Gasteiger charge is -2.22. The fourth-order valence-electron chi connectivity index (χ4n) is 1.80. The fraction of sp³-hybridized carbons (Fsp3) is 0.533. The molecule has 0 heterocycles. The van der Waals surface area contributed by atoms with E-state index < -0.39 is 0 Å². The van der Waals surface area contributed by atoms with Crippen LogP contribution in [0.25, 0.3) is 0 Å². The van der Waals surface area contributed by atoms with Gasteiger partial charge >= 0.3 is 0 Å². The highest BCUT2D eigenvalue weighted by Gasteiger charge is 2.12. The summed E-state index contributed by atoms with van der Waals surface area (Å²) in [5.41, 5.74) is 2.13. The van der Waals surface area contributed by atoms with Gasteiger partial charge in [0.15, 0.2) is 0 Å². The highest BCUT2D eigenvalue weighted by atomic mass is 16.5. The second-order valence-electron chi connectivity index (χ2n) is 4.93. The Morgan fingerprint density at radius 2 is 2.05 bits per heavy atom. The van der Waals surface area contributed by atoms with Gasteiger partial charge in [-0.2, -0.15) is 0 Å². The SMILES string of the molecule is COCc1ccccc1CNC(=O)CN(C)C(C)CO. The number of methoxy groups -OCH3 is 1. The Kier molecular flexibility index (Phi) is 7.22. The first-order chi connectivity index (χ1) is 9.58. The number of carbonyl (C=O) groups excluding carboxylic acids is 1. The van der Waals surface area contributed by atoms with Crippen LogP contribution < -0.4 is 5.32 Å². The number of aliphatic hydroxyl groups excluding tert-OH is 1. The van der Waals surface area contributed by atoms with Crippen molar-refractivity contribution < 1.29 is 14.6 Å². The second kappa shape index (κ2) is 8.68. The van der Waals surface area contributed by atoms with Crippen LogP contribution in [-0.4, -0.2) is 49.3 Å². The van der Waals surface area contributed by atoms with E-state index in [0.29, 0.717) is 13.2 Å². The van der Waals surface area contributed by atoms with Crippen LogP contribution in [0.1, 0.15) is 18.1 Å². The number of likely N-dealkylation sites (N-methyl/N-ethyl adjacent to an activating group) is 1. The van der Waals surface area contributed by atoms with Crippen LogP contribution in [-0.2, 0) is 22.7 Å². The van der Waals surface area contributed by atoms with Crippen molar-refractivity contribution in [2.45, 2.75) is 26.1 Å².